The first-order chi connectivity index (χ1) is 10.0. The third-order valence-corrected chi connectivity index (χ3v) is 3.01. The Balaban J connectivity index is 2.05. The lowest BCUT2D eigenvalue weighted by Crippen LogP contribution is -2.42. The Morgan fingerprint density at radius 1 is 1.52 bits per heavy atom. The monoisotopic (exact) mass is 295 g/mol. The third kappa shape index (κ3) is 4.87. The maximum Gasteiger partial charge on any atom is 0.275 e. The van der Waals surface area contributed by atoms with E-state index in [0.29, 0.717) is 24.6 Å². The number of nitro benzene ring substituents is 1. The zero-order chi connectivity index (χ0) is 15.2. The fourth-order valence-electron chi connectivity index (χ4n) is 2.11. The number of rotatable bonds is 6. The van der Waals surface area contributed by atoms with E-state index < -0.39 is 4.92 Å². The van der Waals surface area contributed by atoms with Gasteiger partial charge in [-0.3, -0.25) is 10.1 Å². The molecule has 7 nitrogen and oxygen atoms in total. The predicted molar refractivity (Wildman–Crippen MR) is 80.0 cm³/mol. The number of hydrogen-bond acceptors (Lipinski definition) is 6. The summed E-state index contributed by atoms with van der Waals surface area (Å²) in [6.45, 7) is 6.68. The zero-order valence-electron chi connectivity index (χ0n) is 12.3. The van der Waals surface area contributed by atoms with E-state index in [1.807, 2.05) is 13.8 Å². The van der Waals surface area contributed by atoms with E-state index in [1.54, 1.807) is 6.07 Å². The van der Waals surface area contributed by atoms with Gasteiger partial charge in [0.2, 0.25) is 0 Å². The Hall–Kier alpha value is -1.86. The smallest absolute Gasteiger partial charge is 0.275 e. The Kier molecular flexibility index (Phi) is 5.35. The topological polar surface area (TPSA) is 85.7 Å². The van der Waals surface area contributed by atoms with Crippen molar-refractivity contribution >= 4 is 11.4 Å². The molecule has 2 rings (SSSR count). The molecular formula is C14H21N3O4. The molecule has 7 heteroatoms. The molecule has 1 fully saturated rings. The molecule has 1 saturated heterocycles. The molecule has 116 valence electrons. The maximum absolute atomic E-state index is 11.0. The molecule has 0 aromatic heterocycles. The summed E-state index contributed by atoms with van der Waals surface area (Å²) in [7, 11) is 0. The van der Waals surface area contributed by atoms with Crippen LogP contribution < -0.4 is 15.4 Å². The summed E-state index contributed by atoms with van der Waals surface area (Å²) in [6.07, 6.45) is 0.0261. The molecule has 1 aliphatic rings. The highest BCUT2D eigenvalue weighted by Crippen LogP contribution is 2.26. The standard InChI is InChI=1S/C14H21N3O4/c1-10(2)21-13-6-11(5-12(7-13)17(18)19)16-9-14-8-15-3-4-20-14/h5-7,10,14-16H,3-4,8-9H2,1-2H3. The van der Waals surface area contributed by atoms with Gasteiger partial charge in [0.15, 0.2) is 0 Å². The van der Waals surface area contributed by atoms with Crippen molar-refractivity contribution in [1.82, 2.24) is 5.32 Å². The summed E-state index contributed by atoms with van der Waals surface area (Å²) in [6, 6.07) is 4.70. The average molecular weight is 295 g/mol. The first-order valence-electron chi connectivity index (χ1n) is 7.07. The number of non-ortho nitro benzene ring substituents is 1. The SMILES string of the molecule is CC(C)Oc1cc(NCC2CNCCO2)cc([N+](=O)[O-])c1. The summed E-state index contributed by atoms with van der Waals surface area (Å²) >= 11 is 0. The largest absolute Gasteiger partial charge is 0.491 e. The van der Waals surface area contributed by atoms with Gasteiger partial charge < -0.3 is 20.1 Å². The number of morpholine rings is 1. The van der Waals surface area contributed by atoms with Crippen LogP contribution in [0.1, 0.15) is 13.8 Å². The van der Waals surface area contributed by atoms with Crippen molar-refractivity contribution in [3.63, 3.8) is 0 Å². The van der Waals surface area contributed by atoms with Crippen molar-refractivity contribution in [3.05, 3.63) is 28.3 Å². The zero-order valence-corrected chi connectivity index (χ0v) is 12.3. The van der Waals surface area contributed by atoms with Crippen molar-refractivity contribution in [1.29, 1.82) is 0 Å². The molecule has 21 heavy (non-hydrogen) atoms. The van der Waals surface area contributed by atoms with E-state index in [0.717, 1.165) is 13.1 Å². The second kappa shape index (κ2) is 7.24. The Morgan fingerprint density at radius 3 is 2.95 bits per heavy atom. The highest BCUT2D eigenvalue weighted by molar-refractivity contribution is 5.56. The predicted octanol–water partition coefficient (Wildman–Crippen LogP) is 1.78. The Bertz CT molecular complexity index is 487. The van der Waals surface area contributed by atoms with E-state index in [-0.39, 0.29) is 17.9 Å². The minimum atomic E-state index is -0.420. The van der Waals surface area contributed by atoms with Gasteiger partial charge in [0, 0.05) is 37.5 Å². The fourth-order valence-corrected chi connectivity index (χ4v) is 2.11. The van der Waals surface area contributed by atoms with Gasteiger partial charge in [0.05, 0.1) is 29.8 Å². The molecule has 0 bridgehead atoms. The molecule has 0 amide bonds. The van der Waals surface area contributed by atoms with Gasteiger partial charge in [0.1, 0.15) is 5.75 Å². The highest BCUT2D eigenvalue weighted by atomic mass is 16.6. The van der Waals surface area contributed by atoms with Crippen LogP contribution in [0.5, 0.6) is 5.75 Å². The molecule has 0 spiro atoms. The molecule has 1 atom stereocenters. The summed E-state index contributed by atoms with van der Waals surface area (Å²) in [5, 5.41) is 17.4. The number of nitro groups is 1. The summed E-state index contributed by atoms with van der Waals surface area (Å²) in [5.74, 6) is 0.490. The van der Waals surface area contributed by atoms with Crippen LogP contribution in [0.4, 0.5) is 11.4 Å². The van der Waals surface area contributed by atoms with E-state index in [1.165, 1.54) is 12.1 Å². The molecule has 1 aromatic rings. The first-order valence-corrected chi connectivity index (χ1v) is 7.07. The molecule has 1 aliphatic heterocycles. The van der Waals surface area contributed by atoms with Crippen LogP contribution in [0, 0.1) is 10.1 Å². The van der Waals surface area contributed by atoms with Crippen LogP contribution in [0.2, 0.25) is 0 Å². The lowest BCUT2D eigenvalue weighted by atomic mass is 10.2. The van der Waals surface area contributed by atoms with Gasteiger partial charge in [0.25, 0.3) is 5.69 Å². The summed E-state index contributed by atoms with van der Waals surface area (Å²) in [4.78, 5) is 10.6. The van der Waals surface area contributed by atoms with Crippen molar-refractivity contribution < 1.29 is 14.4 Å². The lowest BCUT2D eigenvalue weighted by Gasteiger charge is -2.24. The summed E-state index contributed by atoms with van der Waals surface area (Å²) in [5.41, 5.74) is 0.673. The van der Waals surface area contributed by atoms with E-state index in [9.17, 15) is 10.1 Å². The van der Waals surface area contributed by atoms with Gasteiger partial charge >= 0.3 is 0 Å². The third-order valence-electron chi connectivity index (χ3n) is 3.01. The number of nitrogens with zero attached hydrogens (tertiary/aromatic N) is 1. The van der Waals surface area contributed by atoms with Crippen molar-refractivity contribution in [2.45, 2.75) is 26.1 Å². The van der Waals surface area contributed by atoms with Gasteiger partial charge in [-0.05, 0) is 13.8 Å². The number of anilines is 1. The molecular weight excluding hydrogens is 274 g/mol. The van der Waals surface area contributed by atoms with Crippen molar-refractivity contribution in [2.75, 3.05) is 31.6 Å². The second-order valence-corrected chi connectivity index (χ2v) is 5.22. The van der Waals surface area contributed by atoms with E-state index in [4.69, 9.17) is 9.47 Å². The molecule has 1 unspecified atom stereocenters. The van der Waals surface area contributed by atoms with Crippen LogP contribution in [0.15, 0.2) is 18.2 Å². The number of ether oxygens (including phenoxy) is 2. The minimum absolute atomic E-state index is 0.0123. The molecule has 1 heterocycles. The van der Waals surface area contributed by atoms with E-state index in [2.05, 4.69) is 10.6 Å². The van der Waals surface area contributed by atoms with Crippen LogP contribution >= 0.6 is 0 Å². The molecule has 2 N–H and O–H groups in total. The minimum Gasteiger partial charge on any atom is -0.491 e. The number of nitrogens with one attached hydrogen (secondary N) is 2. The average Bonchev–Trinajstić information content (AvgIpc) is 2.45. The van der Waals surface area contributed by atoms with Crippen LogP contribution in [0.25, 0.3) is 0 Å². The maximum atomic E-state index is 11.0. The summed E-state index contributed by atoms with van der Waals surface area (Å²) < 4.78 is 11.1. The van der Waals surface area contributed by atoms with Gasteiger partial charge in [-0.25, -0.2) is 0 Å². The van der Waals surface area contributed by atoms with Gasteiger partial charge in [-0.1, -0.05) is 0 Å². The molecule has 0 radical (unpaired) electrons. The van der Waals surface area contributed by atoms with Crippen LogP contribution in [-0.4, -0.2) is 43.4 Å². The van der Waals surface area contributed by atoms with Crippen LogP contribution in [0.3, 0.4) is 0 Å². The van der Waals surface area contributed by atoms with Crippen molar-refractivity contribution in [2.24, 2.45) is 0 Å². The fraction of sp³-hybridized carbons (Fsp3) is 0.571. The quantitative estimate of drug-likeness (QED) is 0.614. The van der Waals surface area contributed by atoms with Gasteiger partial charge in [-0.15, -0.1) is 0 Å². The molecule has 0 aliphatic carbocycles. The molecule has 1 aromatic carbocycles. The number of hydrogen-bond donors (Lipinski definition) is 2. The van der Waals surface area contributed by atoms with Gasteiger partial charge in [-0.2, -0.15) is 0 Å². The van der Waals surface area contributed by atoms with Crippen LogP contribution in [-0.2, 0) is 4.74 Å². The second-order valence-electron chi connectivity index (χ2n) is 5.22. The lowest BCUT2D eigenvalue weighted by molar-refractivity contribution is -0.384. The Morgan fingerprint density at radius 2 is 2.33 bits per heavy atom. The normalized spacial score (nSPS) is 18.5. The molecule has 0 saturated carbocycles. The van der Waals surface area contributed by atoms with E-state index >= 15 is 0 Å². The number of benzene rings is 1. The Labute approximate surface area is 123 Å². The first kappa shape index (κ1) is 15.5. The highest BCUT2D eigenvalue weighted by Gasteiger charge is 2.15. The van der Waals surface area contributed by atoms with Crippen molar-refractivity contribution in [3.8, 4) is 5.75 Å².